The second kappa shape index (κ2) is 6.84. The van der Waals surface area contributed by atoms with Gasteiger partial charge in [-0.15, -0.1) is 0 Å². The minimum atomic E-state index is -0.217. The van der Waals surface area contributed by atoms with E-state index in [1.807, 2.05) is 18.9 Å². The van der Waals surface area contributed by atoms with Crippen molar-refractivity contribution in [2.24, 2.45) is 0 Å². The lowest BCUT2D eigenvalue weighted by Crippen LogP contribution is -2.37. The molecule has 0 aliphatic carbocycles. The minimum Gasteiger partial charge on any atom is -0.355 e. The van der Waals surface area contributed by atoms with Gasteiger partial charge in [0, 0.05) is 26.8 Å². The van der Waals surface area contributed by atoms with Gasteiger partial charge in [0.05, 0.1) is 12.5 Å². The monoisotopic (exact) mass is 186 g/mol. The van der Waals surface area contributed by atoms with Crippen LogP contribution in [0.15, 0.2) is 0 Å². The van der Waals surface area contributed by atoms with Crippen LogP contribution in [-0.4, -0.2) is 45.0 Å². The Morgan fingerprint density at radius 1 is 1.38 bits per heavy atom. The van der Waals surface area contributed by atoms with Crippen LogP contribution >= 0.6 is 0 Å². The maximum Gasteiger partial charge on any atom is 0.169 e. The molecule has 0 aromatic heterocycles. The Morgan fingerprint density at radius 2 is 1.92 bits per heavy atom. The molecular formula is C9H18N2O2. The molecule has 13 heavy (non-hydrogen) atoms. The first kappa shape index (κ1) is 12.4. The fraction of sp³-hybridized carbons (Fsp3) is 0.889. The zero-order chi connectivity index (χ0) is 10.3. The summed E-state index contributed by atoms with van der Waals surface area (Å²) in [5, 5.41) is 8.49. The standard InChI is InChI=1S/C9H18N2O2/c1-8(5-6-10)11(2)7-9(12-3)13-4/h8-9H,5,7H2,1-4H3. The van der Waals surface area contributed by atoms with Crippen molar-refractivity contribution in [2.45, 2.75) is 25.7 Å². The molecule has 0 aromatic carbocycles. The van der Waals surface area contributed by atoms with Crippen LogP contribution in [0.25, 0.3) is 0 Å². The summed E-state index contributed by atoms with van der Waals surface area (Å²) in [5.74, 6) is 0. The Hall–Kier alpha value is -0.630. The molecule has 0 amide bonds. The van der Waals surface area contributed by atoms with E-state index in [2.05, 4.69) is 6.07 Å². The fourth-order valence-electron chi connectivity index (χ4n) is 0.948. The van der Waals surface area contributed by atoms with Gasteiger partial charge in [0.1, 0.15) is 0 Å². The number of nitrogens with zero attached hydrogens (tertiary/aromatic N) is 2. The number of hydrogen-bond acceptors (Lipinski definition) is 4. The Morgan fingerprint density at radius 3 is 2.31 bits per heavy atom. The highest BCUT2D eigenvalue weighted by Gasteiger charge is 2.13. The molecule has 0 saturated carbocycles. The Kier molecular flexibility index (Phi) is 6.51. The lowest BCUT2D eigenvalue weighted by molar-refractivity contribution is -0.116. The van der Waals surface area contributed by atoms with Crippen LogP contribution < -0.4 is 0 Å². The highest BCUT2D eigenvalue weighted by atomic mass is 16.7. The van der Waals surface area contributed by atoms with Crippen LogP contribution in [0.4, 0.5) is 0 Å². The molecule has 0 heterocycles. The molecule has 0 radical (unpaired) electrons. The van der Waals surface area contributed by atoms with E-state index < -0.39 is 0 Å². The number of likely N-dealkylation sites (N-methyl/N-ethyl adjacent to an activating group) is 1. The zero-order valence-corrected chi connectivity index (χ0v) is 8.78. The van der Waals surface area contributed by atoms with Gasteiger partial charge in [0.15, 0.2) is 6.29 Å². The molecule has 0 rings (SSSR count). The van der Waals surface area contributed by atoms with Crippen molar-refractivity contribution in [3.63, 3.8) is 0 Å². The van der Waals surface area contributed by atoms with Crippen molar-refractivity contribution in [3.8, 4) is 6.07 Å². The number of hydrogen-bond donors (Lipinski definition) is 0. The van der Waals surface area contributed by atoms with Gasteiger partial charge in [-0.2, -0.15) is 5.26 Å². The van der Waals surface area contributed by atoms with E-state index in [-0.39, 0.29) is 12.3 Å². The summed E-state index contributed by atoms with van der Waals surface area (Å²) < 4.78 is 10.1. The van der Waals surface area contributed by atoms with Gasteiger partial charge < -0.3 is 9.47 Å². The largest absolute Gasteiger partial charge is 0.355 e. The molecule has 0 bridgehead atoms. The molecule has 0 saturated heterocycles. The Labute approximate surface area is 80.0 Å². The van der Waals surface area contributed by atoms with Gasteiger partial charge in [0.25, 0.3) is 0 Å². The average molecular weight is 186 g/mol. The van der Waals surface area contributed by atoms with E-state index in [9.17, 15) is 0 Å². The molecule has 4 heteroatoms. The molecule has 0 spiro atoms. The number of ether oxygens (including phenoxy) is 2. The predicted octanol–water partition coefficient (Wildman–Crippen LogP) is 0.839. The van der Waals surface area contributed by atoms with Crippen LogP contribution in [-0.2, 0) is 9.47 Å². The van der Waals surface area contributed by atoms with Crippen LogP contribution in [0.3, 0.4) is 0 Å². The molecule has 0 aliphatic rings. The van der Waals surface area contributed by atoms with E-state index in [0.717, 1.165) is 0 Å². The van der Waals surface area contributed by atoms with Crippen LogP contribution in [0.2, 0.25) is 0 Å². The van der Waals surface area contributed by atoms with Crippen molar-refractivity contribution >= 4 is 0 Å². The molecule has 76 valence electrons. The lowest BCUT2D eigenvalue weighted by atomic mass is 10.2. The quantitative estimate of drug-likeness (QED) is 0.577. The summed E-state index contributed by atoms with van der Waals surface area (Å²) in [6.07, 6.45) is 0.308. The molecule has 1 unspecified atom stereocenters. The first-order valence-corrected chi connectivity index (χ1v) is 4.28. The van der Waals surface area contributed by atoms with Gasteiger partial charge in [-0.3, -0.25) is 4.90 Å². The smallest absolute Gasteiger partial charge is 0.169 e. The van der Waals surface area contributed by atoms with Crippen LogP contribution in [0.5, 0.6) is 0 Å². The molecule has 0 fully saturated rings. The van der Waals surface area contributed by atoms with Crippen LogP contribution in [0, 0.1) is 11.3 Å². The summed E-state index contributed by atoms with van der Waals surface area (Å²) in [7, 11) is 5.17. The molecule has 4 nitrogen and oxygen atoms in total. The maximum atomic E-state index is 8.49. The zero-order valence-electron chi connectivity index (χ0n) is 8.78. The topological polar surface area (TPSA) is 45.5 Å². The summed E-state index contributed by atoms with van der Waals surface area (Å²) in [4.78, 5) is 2.04. The van der Waals surface area contributed by atoms with Gasteiger partial charge in [-0.05, 0) is 14.0 Å². The van der Waals surface area contributed by atoms with E-state index in [4.69, 9.17) is 14.7 Å². The third-order valence-corrected chi connectivity index (χ3v) is 2.10. The van der Waals surface area contributed by atoms with E-state index in [1.54, 1.807) is 14.2 Å². The molecule has 0 aliphatic heterocycles. The highest BCUT2D eigenvalue weighted by molar-refractivity contribution is 4.78. The molecule has 0 aromatic rings. The third kappa shape index (κ3) is 4.83. The van der Waals surface area contributed by atoms with Crippen LogP contribution in [0.1, 0.15) is 13.3 Å². The third-order valence-electron chi connectivity index (χ3n) is 2.10. The van der Waals surface area contributed by atoms with Gasteiger partial charge in [-0.1, -0.05) is 0 Å². The van der Waals surface area contributed by atoms with Crippen molar-refractivity contribution in [1.29, 1.82) is 5.26 Å². The molecule has 1 atom stereocenters. The Balaban J connectivity index is 3.83. The second-order valence-electron chi connectivity index (χ2n) is 3.05. The van der Waals surface area contributed by atoms with E-state index in [0.29, 0.717) is 13.0 Å². The lowest BCUT2D eigenvalue weighted by Gasteiger charge is -2.26. The fourth-order valence-corrected chi connectivity index (χ4v) is 0.948. The molecular weight excluding hydrogens is 168 g/mol. The van der Waals surface area contributed by atoms with Gasteiger partial charge >= 0.3 is 0 Å². The molecule has 0 N–H and O–H groups in total. The van der Waals surface area contributed by atoms with Crippen molar-refractivity contribution in [3.05, 3.63) is 0 Å². The van der Waals surface area contributed by atoms with E-state index >= 15 is 0 Å². The first-order valence-electron chi connectivity index (χ1n) is 4.28. The summed E-state index contributed by atoms with van der Waals surface area (Å²) in [5.41, 5.74) is 0. The van der Waals surface area contributed by atoms with Crippen molar-refractivity contribution in [1.82, 2.24) is 4.90 Å². The van der Waals surface area contributed by atoms with Gasteiger partial charge in [0.2, 0.25) is 0 Å². The normalized spacial score (nSPS) is 13.3. The highest BCUT2D eigenvalue weighted by Crippen LogP contribution is 2.02. The summed E-state index contributed by atoms with van der Waals surface area (Å²) in [6.45, 7) is 2.68. The number of rotatable bonds is 6. The minimum absolute atomic E-state index is 0.217. The summed E-state index contributed by atoms with van der Waals surface area (Å²) in [6, 6.07) is 2.37. The first-order chi connectivity index (χ1) is 6.15. The van der Waals surface area contributed by atoms with E-state index in [1.165, 1.54) is 0 Å². The van der Waals surface area contributed by atoms with Crippen molar-refractivity contribution in [2.75, 3.05) is 27.8 Å². The Bertz CT molecular complexity index is 163. The predicted molar refractivity (Wildman–Crippen MR) is 50.1 cm³/mol. The maximum absolute atomic E-state index is 8.49. The summed E-state index contributed by atoms with van der Waals surface area (Å²) >= 11 is 0. The average Bonchev–Trinajstić information content (AvgIpc) is 2.14. The number of nitriles is 1. The van der Waals surface area contributed by atoms with Crippen molar-refractivity contribution < 1.29 is 9.47 Å². The number of methoxy groups -OCH3 is 2. The van der Waals surface area contributed by atoms with Gasteiger partial charge in [-0.25, -0.2) is 0 Å². The SMILES string of the molecule is COC(CN(C)C(C)CC#N)OC. The second-order valence-corrected chi connectivity index (χ2v) is 3.05.